The number of hydrogen-bond donors (Lipinski definition) is 1. The molecule has 3 rings (SSSR count). The zero-order valence-corrected chi connectivity index (χ0v) is 20.6. The number of benzene rings is 3. The van der Waals surface area contributed by atoms with Gasteiger partial charge in [-0.25, -0.2) is 0 Å². The van der Waals surface area contributed by atoms with Crippen molar-refractivity contribution in [3.8, 4) is 23.3 Å². The van der Waals surface area contributed by atoms with Gasteiger partial charge in [0.15, 0.2) is 11.5 Å². The Bertz CT molecular complexity index is 1400. The fourth-order valence-electron chi connectivity index (χ4n) is 3.14. The summed E-state index contributed by atoms with van der Waals surface area (Å²) >= 11 is 3.25. The molecule has 0 fully saturated rings. The molecular weight excluding hydrogens is 559 g/mol. The lowest BCUT2D eigenvalue weighted by atomic mass is 10.1. The summed E-state index contributed by atoms with van der Waals surface area (Å²) in [6.45, 7) is 0.213. The molecular formula is C25H17BrF3N3O5. The Labute approximate surface area is 217 Å². The minimum atomic E-state index is -4.78. The quantitative estimate of drug-likeness (QED) is 0.144. The van der Waals surface area contributed by atoms with Gasteiger partial charge in [-0.1, -0.05) is 30.3 Å². The second kappa shape index (κ2) is 11.6. The molecule has 3 aromatic carbocycles. The number of alkyl halides is 3. The van der Waals surface area contributed by atoms with Crippen molar-refractivity contribution in [1.82, 2.24) is 5.32 Å². The third-order valence-corrected chi connectivity index (χ3v) is 5.51. The molecule has 1 N–H and O–H groups in total. The van der Waals surface area contributed by atoms with Crippen molar-refractivity contribution in [1.29, 1.82) is 5.26 Å². The molecule has 0 aliphatic carbocycles. The lowest BCUT2D eigenvalue weighted by molar-refractivity contribution is -0.385. The maximum atomic E-state index is 13.0. The minimum absolute atomic E-state index is 0.0387. The zero-order chi connectivity index (χ0) is 27.2. The number of halogens is 4. The standard InChI is InChI=1S/C25H17BrF3N3O5/c1-36-22-11-16(9-17(13-30)24(33)31-14-15-5-3-2-4-6-15)10-19(26)23(22)37-21-8-7-18(25(27,28)29)12-20(21)32(34)35/h2-12H,14H2,1H3,(H,31,33)/b17-9+. The lowest BCUT2D eigenvalue weighted by Gasteiger charge is -2.14. The summed E-state index contributed by atoms with van der Waals surface area (Å²) in [6, 6.07) is 15.7. The molecule has 1 amide bonds. The van der Waals surface area contributed by atoms with Crippen LogP contribution in [0.25, 0.3) is 6.08 Å². The van der Waals surface area contributed by atoms with Gasteiger partial charge in [0, 0.05) is 12.6 Å². The molecule has 0 unspecified atom stereocenters. The number of carbonyl (C=O) groups is 1. The normalized spacial score (nSPS) is 11.4. The lowest BCUT2D eigenvalue weighted by Crippen LogP contribution is -2.23. The van der Waals surface area contributed by atoms with E-state index >= 15 is 0 Å². The fraction of sp³-hybridized carbons (Fsp3) is 0.120. The third-order valence-electron chi connectivity index (χ3n) is 4.92. The number of rotatable bonds is 8. The van der Waals surface area contributed by atoms with Crippen LogP contribution < -0.4 is 14.8 Å². The highest BCUT2D eigenvalue weighted by molar-refractivity contribution is 9.10. The van der Waals surface area contributed by atoms with Crippen LogP contribution in [0.5, 0.6) is 17.2 Å². The highest BCUT2D eigenvalue weighted by Crippen LogP contribution is 2.43. The first-order valence-electron chi connectivity index (χ1n) is 10.4. The van der Waals surface area contributed by atoms with Crippen LogP contribution in [0.3, 0.4) is 0 Å². The molecule has 0 saturated heterocycles. The number of nitro benzene ring substituents is 1. The molecule has 0 radical (unpaired) electrons. The molecule has 3 aromatic rings. The van der Waals surface area contributed by atoms with E-state index in [1.165, 1.54) is 25.3 Å². The Morgan fingerprint density at radius 1 is 1.16 bits per heavy atom. The van der Waals surface area contributed by atoms with E-state index < -0.39 is 34.0 Å². The van der Waals surface area contributed by atoms with Gasteiger partial charge in [0.25, 0.3) is 5.91 Å². The van der Waals surface area contributed by atoms with Crippen molar-refractivity contribution >= 4 is 33.6 Å². The van der Waals surface area contributed by atoms with Gasteiger partial charge in [0.05, 0.1) is 22.1 Å². The van der Waals surface area contributed by atoms with Gasteiger partial charge >= 0.3 is 11.9 Å². The SMILES string of the molecule is COc1cc(/C=C(\C#N)C(=O)NCc2ccccc2)cc(Br)c1Oc1ccc(C(F)(F)F)cc1[N+](=O)[O-]. The molecule has 0 heterocycles. The van der Waals surface area contributed by atoms with E-state index in [4.69, 9.17) is 9.47 Å². The average molecular weight is 576 g/mol. The highest BCUT2D eigenvalue weighted by Gasteiger charge is 2.33. The average Bonchev–Trinajstić information content (AvgIpc) is 2.87. The first kappa shape index (κ1) is 27.2. The van der Waals surface area contributed by atoms with Gasteiger partial charge in [-0.2, -0.15) is 18.4 Å². The van der Waals surface area contributed by atoms with Crippen LogP contribution >= 0.6 is 15.9 Å². The molecule has 0 aliphatic rings. The number of nitrogens with zero attached hydrogens (tertiary/aromatic N) is 2. The smallest absolute Gasteiger partial charge is 0.416 e. The highest BCUT2D eigenvalue weighted by atomic mass is 79.9. The number of hydrogen-bond acceptors (Lipinski definition) is 6. The van der Waals surface area contributed by atoms with E-state index in [1.807, 2.05) is 36.4 Å². The second-order valence-electron chi connectivity index (χ2n) is 7.41. The summed E-state index contributed by atoms with van der Waals surface area (Å²) in [5.74, 6) is -1.08. The molecule has 0 aromatic heterocycles. The van der Waals surface area contributed by atoms with Crippen molar-refractivity contribution in [2.75, 3.05) is 7.11 Å². The molecule has 0 aliphatic heterocycles. The predicted octanol–water partition coefficient (Wildman–Crippen LogP) is 6.40. The van der Waals surface area contributed by atoms with Crippen molar-refractivity contribution in [3.63, 3.8) is 0 Å². The summed E-state index contributed by atoms with van der Waals surface area (Å²) < 4.78 is 50.0. The van der Waals surface area contributed by atoms with Gasteiger partial charge in [-0.15, -0.1) is 0 Å². The molecule has 190 valence electrons. The van der Waals surface area contributed by atoms with Crippen molar-refractivity contribution in [2.24, 2.45) is 0 Å². The van der Waals surface area contributed by atoms with Crippen LogP contribution in [0.15, 0.2) is 70.7 Å². The number of nitro groups is 1. The van der Waals surface area contributed by atoms with Crippen LogP contribution in [0.2, 0.25) is 0 Å². The van der Waals surface area contributed by atoms with Crippen molar-refractivity contribution < 1.29 is 32.4 Å². The molecule has 0 bridgehead atoms. The summed E-state index contributed by atoms with van der Waals surface area (Å²) in [6.07, 6.45) is -3.47. The largest absolute Gasteiger partial charge is 0.493 e. The Hall–Kier alpha value is -4.37. The minimum Gasteiger partial charge on any atom is -0.493 e. The summed E-state index contributed by atoms with van der Waals surface area (Å²) in [4.78, 5) is 22.9. The van der Waals surface area contributed by atoms with Crippen molar-refractivity contribution in [3.05, 3.63) is 97.5 Å². The van der Waals surface area contributed by atoms with Gasteiger partial charge in [0.1, 0.15) is 11.6 Å². The molecule has 37 heavy (non-hydrogen) atoms. The van der Waals surface area contributed by atoms with Gasteiger partial charge < -0.3 is 14.8 Å². The van der Waals surface area contributed by atoms with E-state index in [2.05, 4.69) is 21.2 Å². The molecule has 8 nitrogen and oxygen atoms in total. The van der Waals surface area contributed by atoms with Gasteiger partial charge in [0.2, 0.25) is 5.75 Å². The summed E-state index contributed by atoms with van der Waals surface area (Å²) in [7, 11) is 1.28. The predicted molar refractivity (Wildman–Crippen MR) is 131 cm³/mol. The number of methoxy groups -OCH3 is 1. The Morgan fingerprint density at radius 3 is 2.46 bits per heavy atom. The first-order valence-corrected chi connectivity index (χ1v) is 11.2. The summed E-state index contributed by atoms with van der Waals surface area (Å²) in [5, 5.41) is 23.5. The molecule has 12 heteroatoms. The van der Waals surface area contributed by atoms with E-state index in [0.29, 0.717) is 17.7 Å². The number of amides is 1. The number of ether oxygens (including phenoxy) is 2. The summed E-state index contributed by atoms with van der Waals surface area (Å²) in [5.41, 5.74) is -1.10. The maximum absolute atomic E-state index is 13.0. The van der Waals surface area contributed by atoms with E-state index in [9.17, 15) is 33.3 Å². The van der Waals surface area contributed by atoms with Crippen molar-refractivity contribution in [2.45, 2.75) is 12.7 Å². The van der Waals surface area contributed by atoms with Crippen LogP contribution in [0, 0.1) is 21.4 Å². The Balaban J connectivity index is 1.90. The number of nitriles is 1. The van der Waals surface area contributed by atoms with E-state index in [0.717, 1.165) is 11.6 Å². The van der Waals surface area contributed by atoms with E-state index in [-0.39, 0.29) is 28.1 Å². The van der Waals surface area contributed by atoms with Gasteiger partial charge in [-0.3, -0.25) is 14.9 Å². The number of nitrogens with one attached hydrogen (secondary N) is 1. The van der Waals surface area contributed by atoms with Crippen LogP contribution in [0.1, 0.15) is 16.7 Å². The molecule has 0 spiro atoms. The number of carbonyl (C=O) groups excluding carboxylic acids is 1. The Kier molecular flexibility index (Phi) is 8.52. The maximum Gasteiger partial charge on any atom is 0.416 e. The second-order valence-corrected chi connectivity index (χ2v) is 8.27. The van der Waals surface area contributed by atoms with E-state index in [1.54, 1.807) is 0 Å². The topological polar surface area (TPSA) is 114 Å². The Morgan fingerprint density at radius 2 is 1.86 bits per heavy atom. The van der Waals surface area contributed by atoms with Crippen LogP contribution in [-0.2, 0) is 17.5 Å². The van der Waals surface area contributed by atoms with Gasteiger partial charge in [-0.05, 0) is 57.4 Å². The monoisotopic (exact) mass is 575 g/mol. The zero-order valence-electron chi connectivity index (χ0n) is 19.0. The first-order chi connectivity index (χ1) is 17.5. The third kappa shape index (κ3) is 6.86. The molecule has 0 saturated carbocycles. The van der Waals surface area contributed by atoms with Crippen LogP contribution in [-0.4, -0.2) is 17.9 Å². The molecule has 0 atom stereocenters. The van der Waals surface area contributed by atoms with Crippen LogP contribution in [0.4, 0.5) is 18.9 Å². The fourth-order valence-corrected chi connectivity index (χ4v) is 3.68.